The second-order valence-corrected chi connectivity index (χ2v) is 7.31. The van der Waals surface area contributed by atoms with Crippen LogP contribution in [0.3, 0.4) is 0 Å². The Kier molecular flexibility index (Phi) is 5.46. The molecule has 0 aliphatic heterocycles. The van der Waals surface area contributed by atoms with Crippen LogP contribution in [0.2, 0.25) is 0 Å². The van der Waals surface area contributed by atoms with Crippen LogP contribution >= 0.6 is 0 Å². The van der Waals surface area contributed by atoms with Crippen molar-refractivity contribution in [1.82, 2.24) is 0 Å². The molecule has 3 aromatic rings. The number of rotatable bonds is 7. The van der Waals surface area contributed by atoms with Crippen LogP contribution in [-0.2, 0) is 16.7 Å². The molecule has 0 fully saturated rings. The minimum Gasteiger partial charge on any atom is -0.489 e. The van der Waals surface area contributed by atoms with Gasteiger partial charge in [-0.1, -0.05) is 30.3 Å². The molecule has 0 atom stereocenters. The van der Waals surface area contributed by atoms with E-state index in [1.807, 2.05) is 30.3 Å². The number of nitro groups is 1. The van der Waals surface area contributed by atoms with Crippen molar-refractivity contribution < 1.29 is 22.3 Å². The summed E-state index contributed by atoms with van der Waals surface area (Å²) in [5.74, 6) is 0.288. The summed E-state index contributed by atoms with van der Waals surface area (Å²) >= 11 is 0. The lowest BCUT2D eigenvalue weighted by Crippen LogP contribution is -2.10. The molecule has 0 aromatic heterocycles. The number of nitro benzene ring substituents is 1. The fourth-order valence-electron chi connectivity index (χ4n) is 2.35. The van der Waals surface area contributed by atoms with Crippen molar-refractivity contribution in [2.24, 2.45) is 0 Å². The monoisotopic (exact) mass is 400 g/mol. The zero-order valence-corrected chi connectivity index (χ0v) is 15.3. The first-order chi connectivity index (χ1) is 13.3. The fraction of sp³-hybridized carbons (Fsp3) is 0.0526. The molecule has 0 spiro atoms. The topological polar surface area (TPSA) is 122 Å². The second-order valence-electron chi connectivity index (χ2n) is 5.76. The third-order valence-corrected chi connectivity index (χ3v) is 5.03. The van der Waals surface area contributed by atoms with Gasteiger partial charge in [0, 0.05) is 0 Å². The van der Waals surface area contributed by atoms with Gasteiger partial charge in [-0.25, -0.2) is 0 Å². The Morgan fingerprint density at radius 3 is 2.21 bits per heavy atom. The summed E-state index contributed by atoms with van der Waals surface area (Å²) in [4.78, 5) is 10.1. The lowest BCUT2D eigenvalue weighted by Gasteiger charge is -2.09. The highest BCUT2D eigenvalue weighted by atomic mass is 32.2. The van der Waals surface area contributed by atoms with Crippen LogP contribution < -0.4 is 14.7 Å². The van der Waals surface area contributed by atoms with Gasteiger partial charge in [-0.05, 0) is 42.0 Å². The molecule has 3 rings (SSSR count). The summed E-state index contributed by atoms with van der Waals surface area (Å²) in [6, 6.07) is 18.6. The van der Waals surface area contributed by atoms with Crippen LogP contribution in [0.5, 0.6) is 11.5 Å². The summed E-state index contributed by atoms with van der Waals surface area (Å²) in [6.45, 7) is 0.346. The molecular formula is C19H16N2O6S. The smallest absolute Gasteiger partial charge is 0.339 e. The van der Waals surface area contributed by atoms with E-state index in [0.717, 1.165) is 11.6 Å². The van der Waals surface area contributed by atoms with Gasteiger partial charge in [-0.3, -0.25) is 10.1 Å². The molecule has 0 heterocycles. The molecule has 0 saturated heterocycles. The van der Waals surface area contributed by atoms with Crippen LogP contribution in [0.25, 0.3) is 0 Å². The van der Waals surface area contributed by atoms with E-state index in [0.29, 0.717) is 12.4 Å². The molecule has 0 amide bonds. The van der Waals surface area contributed by atoms with E-state index in [2.05, 4.69) is 0 Å². The number of nitrogen functional groups attached to an aromatic ring is 1. The highest BCUT2D eigenvalue weighted by Crippen LogP contribution is 2.28. The third kappa shape index (κ3) is 4.57. The molecular weight excluding hydrogens is 384 g/mol. The fourth-order valence-corrected chi connectivity index (χ4v) is 3.27. The van der Waals surface area contributed by atoms with Crippen molar-refractivity contribution in [3.05, 3.63) is 88.5 Å². The predicted molar refractivity (Wildman–Crippen MR) is 103 cm³/mol. The van der Waals surface area contributed by atoms with Crippen LogP contribution in [0.1, 0.15) is 5.56 Å². The van der Waals surface area contributed by atoms with Gasteiger partial charge in [0.15, 0.2) is 0 Å². The minimum absolute atomic E-state index is 0.0883. The Balaban J connectivity index is 1.72. The van der Waals surface area contributed by atoms with E-state index >= 15 is 0 Å². The zero-order chi connectivity index (χ0) is 20.1. The minimum atomic E-state index is -4.17. The Bertz CT molecular complexity index is 1080. The average Bonchev–Trinajstić information content (AvgIpc) is 2.68. The van der Waals surface area contributed by atoms with E-state index in [9.17, 15) is 18.5 Å². The second kappa shape index (κ2) is 7.97. The Morgan fingerprint density at radius 2 is 1.57 bits per heavy atom. The molecule has 3 aromatic carbocycles. The van der Waals surface area contributed by atoms with Crippen molar-refractivity contribution in [3.63, 3.8) is 0 Å². The van der Waals surface area contributed by atoms with E-state index in [1.54, 1.807) is 0 Å². The van der Waals surface area contributed by atoms with Gasteiger partial charge in [0.1, 0.15) is 28.7 Å². The molecule has 0 aliphatic carbocycles. The first kappa shape index (κ1) is 19.2. The standard InChI is InChI=1S/C19H16N2O6S/c20-18-11-8-16(12-19(18)21(22)23)27-28(24,25)17-9-6-15(7-10-17)26-13-14-4-2-1-3-5-14/h1-12H,13,20H2. The lowest BCUT2D eigenvalue weighted by molar-refractivity contribution is -0.383. The van der Waals surface area contributed by atoms with Crippen molar-refractivity contribution >= 4 is 21.5 Å². The van der Waals surface area contributed by atoms with E-state index in [4.69, 9.17) is 14.7 Å². The normalized spacial score (nSPS) is 11.0. The summed E-state index contributed by atoms with van der Waals surface area (Å²) in [6.07, 6.45) is 0. The molecule has 0 bridgehead atoms. The van der Waals surface area contributed by atoms with Crippen LogP contribution in [0.4, 0.5) is 11.4 Å². The summed E-state index contributed by atoms with van der Waals surface area (Å²) in [7, 11) is -4.17. The van der Waals surface area contributed by atoms with Crippen molar-refractivity contribution in [2.45, 2.75) is 11.5 Å². The summed E-state index contributed by atoms with van der Waals surface area (Å²) < 4.78 is 35.4. The highest BCUT2D eigenvalue weighted by Gasteiger charge is 2.20. The Morgan fingerprint density at radius 1 is 0.929 bits per heavy atom. The SMILES string of the molecule is Nc1ccc(OS(=O)(=O)c2ccc(OCc3ccccc3)cc2)cc1[N+](=O)[O-]. The molecule has 28 heavy (non-hydrogen) atoms. The van der Waals surface area contributed by atoms with Gasteiger partial charge in [0.05, 0.1) is 11.0 Å². The average molecular weight is 400 g/mol. The van der Waals surface area contributed by atoms with Gasteiger partial charge < -0.3 is 14.7 Å². The molecule has 0 aliphatic rings. The van der Waals surface area contributed by atoms with Crippen LogP contribution in [0, 0.1) is 10.1 Å². The molecule has 2 N–H and O–H groups in total. The Labute approximate surface area is 161 Å². The number of hydrogen-bond acceptors (Lipinski definition) is 7. The van der Waals surface area contributed by atoms with E-state index in [-0.39, 0.29) is 16.3 Å². The first-order valence-corrected chi connectivity index (χ1v) is 9.51. The number of benzene rings is 3. The maximum Gasteiger partial charge on any atom is 0.339 e. The molecule has 144 valence electrons. The maximum atomic E-state index is 12.4. The predicted octanol–water partition coefficient (Wildman–Crippen LogP) is 3.52. The van der Waals surface area contributed by atoms with Crippen LogP contribution in [-0.4, -0.2) is 13.3 Å². The van der Waals surface area contributed by atoms with Gasteiger partial charge >= 0.3 is 10.1 Å². The maximum absolute atomic E-state index is 12.4. The molecule has 9 heteroatoms. The number of hydrogen-bond donors (Lipinski definition) is 1. The lowest BCUT2D eigenvalue weighted by atomic mass is 10.2. The third-order valence-electron chi connectivity index (χ3n) is 3.77. The van der Waals surface area contributed by atoms with E-state index in [1.165, 1.54) is 36.4 Å². The van der Waals surface area contributed by atoms with Crippen molar-refractivity contribution in [2.75, 3.05) is 5.73 Å². The number of anilines is 1. The van der Waals surface area contributed by atoms with Crippen LogP contribution in [0.15, 0.2) is 77.7 Å². The number of ether oxygens (including phenoxy) is 1. The van der Waals surface area contributed by atoms with Gasteiger partial charge in [-0.2, -0.15) is 8.42 Å². The largest absolute Gasteiger partial charge is 0.489 e. The molecule has 8 nitrogen and oxygen atoms in total. The van der Waals surface area contributed by atoms with Crippen molar-refractivity contribution in [3.8, 4) is 11.5 Å². The van der Waals surface area contributed by atoms with Gasteiger partial charge in [-0.15, -0.1) is 0 Å². The zero-order valence-electron chi connectivity index (χ0n) is 14.5. The van der Waals surface area contributed by atoms with Gasteiger partial charge in [0.25, 0.3) is 5.69 Å². The quantitative estimate of drug-likeness (QED) is 0.279. The number of nitrogens with zero attached hydrogens (tertiary/aromatic N) is 1. The number of nitrogens with two attached hydrogens (primary N) is 1. The van der Waals surface area contributed by atoms with E-state index < -0.39 is 20.7 Å². The molecule has 0 unspecified atom stereocenters. The molecule has 0 radical (unpaired) electrons. The van der Waals surface area contributed by atoms with Gasteiger partial charge in [0.2, 0.25) is 0 Å². The summed E-state index contributed by atoms with van der Waals surface area (Å²) in [5, 5.41) is 10.9. The first-order valence-electron chi connectivity index (χ1n) is 8.10. The Hall–Kier alpha value is -3.59. The molecule has 0 saturated carbocycles. The highest BCUT2D eigenvalue weighted by molar-refractivity contribution is 7.87. The van der Waals surface area contributed by atoms with Crippen molar-refractivity contribution in [1.29, 1.82) is 0 Å². The summed E-state index contributed by atoms with van der Waals surface area (Å²) in [5.41, 5.74) is 5.95.